The molecular weight excluding hydrogens is 363 g/mol. The quantitative estimate of drug-likeness (QED) is 0.516. The summed E-state index contributed by atoms with van der Waals surface area (Å²) in [5.74, 6) is 1.53. The van der Waals surface area contributed by atoms with Crippen LogP contribution in [0.3, 0.4) is 0 Å². The summed E-state index contributed by atoms with van der Waals surface area (Å²) in [6.45, 7) is 6.25. The fourth-order valence-corrected chi connectivity index (χ4v) is 3.59. The summed E-state index contributed by atoms with van der Waals surface area (Å²) in [5, 5.41) is 0.375. The van der Waals surface area contributed by atoms with Gasteiger partial charge in [0.25, 0.3) is 0 Å². The number of nitrogens with one attached hydrogen (secondary N) is 1. The topological polar surface area (TPSA) is 96.0 Å². The van der Waals surface area contributed by atoms with E-state index in [-0.39, 0.29) is 35.3 Å². The minimum atomic E-state index is -1.37. The first-order valence-electron chi connectivity index (χ1n) is 7.90. The Morgan fingerprint density at radius 1 is 1.27 bits per heavy atom. The van der Waals surface area contributed by atoms with Gasteiger partial charge in [0.1, 0.15) is 11.3 Å². The molecule has 9 heteroatoms. The van der Waals surface area contributed by atoms with Crippen LogP contribution in [0.15, 0.2) is 23.5 Å². The molecule has 0 aliphatic carbocycles. The monoisotopic (exact) mass is 384 g/mol. The van der Waals surface area contributed by atoms with Gasteiger partial charge in [0.15, 0.2) is 11.4 Å². The number of aryl methyl sites for hydroxylation is 1. The van der Waals surface area contributed by atoms with Crippen LogP contribution in [-0.4, -0.2) is 67.8 Å². The standard InChI is InChI=1S/C17H20N4O3S.Na.H/c1-5-24-16-10(2)8-12-15(20-16)21-17(19-12)25(22)9-13-11(3)14(23-4)6-7-18-13;;/h6-8H,5,9H2,1-4H3,(H,19,20,21);;. The van der Waals surface area contributed by atoms with Crippen molar-refractivity contribution in [1.82, 2.24) is 19.9 Å². The Bertz CT molecular complexity index is 903. The fourth-order valence-electron chi connectivity index (χ4n) is 2.51. The number of aromatic nitrogens is 4. The SMILES string of the molecule is CCOc1nc2[nH]c([S+]([O-])Cc3nccc(OC)c3C)nc2cc1C.[NaH]. The molecule has 0 bridgehead atoms. The Morgan fingerprint density at radius 3 is 2.73 bits per heavy atom. The zero-order valence-electron chi connectivity index (χ0n) is 14.6. The summed E-state index contributed by atoms with van der Waals surface area (Å²) in [5.41, 5.74) is 3.72. The molecular formula is C17H21N4NaO3S. The average Bonchev–Trinajstić information content (AvgIpc) is 3.00. The third-order valence-electron chi connectivity index (χ3n) is 3.84. The molecule has 1 unspecified atom stereocenters. The molecule has 26 heavy (non-hydrogen) atoms. The molecule has 1 atom stereocenters. The molecule has 134 valence electrons. The van der Waals surface area contributed by atoms with E-state index in [0.717, 1.165) is 22.6 Å². The van der Waals surface area contributed by atoms with Crippen molar-refractivity contribution < 1.29 is 14.0 Å². The summed E-state index contributed by atoms with van der Waals surface area (Å²) in [7, 11) is 1.60. The Balaban J connectivity index is 0.00000243. The number of nitrogens with zero attached hydrogens (tertiary/aromatic N) is 3. The summed E-state index contributed by atoms with van der Waals surface area (Å²) in [4.78, 5) is 16.2. The number of hydrogen-bond donors (Lipinski definition) is 1. The van der Waals surface area contributed by atoms with Gasteiger partial charge in [-0.05, 0) is 32.9 Å². The maximum absolute atomic E-state index is 12.7. The van der Waals surface area contributed by atoms with Crippen LogP contribution in [0.1, 0.15) is 23.7 Å². The van der Waals surface area contributed by atoms with Gasteiger partial charge in [-0.2, -0.15) is 9.97 Å². The van der Waals surface area contributed by atoms with Crippen LogP contribution in [-0.2, 0) is 16.9 Å². The normalized spacial score (nSPS) is 11.9. The minimum absolute atomic E-state index is 0. The first-order valence-corrected chi connectivity index (χ1v) is 9.22. The van der Waals surface area contributed by atoms with E-state index in [1.807, 2.05) is 26.8 Å². The number of imidazole rings is 1. The third kappa shape index (κ3) is 4.32. The Kier molecular flexibility index (Phi) is 7.31. The van der Waals surface area contributed by atoms with Crippen LogP contribution < -0.4 is 9.47 Å². The van der Waals surface area contributed by atoms with E-state index in [0.29, 0.717) is 28.8 Å². The predicted octanol–water partition coefficient (Wildman–Crippen LogP) is 2.04. The van der Waals surface area contributed by atoms with E-state index in [1.54, 1.807) is 19.4 Å². The number of aromatic amines is 1. The molecule has 3 aromatic rings. The summed E-state index contributed by atoms with van der Waals surface area (Å²) in [6.07, 6.45) is 1.65. The van der Waals surface area contributed by atoms with Gasteiger partial charge < -0.3 is 14.0 Å². The number of H-pyrrole nitrogens is 1. The van der Waals surface area contributed by atoms with Crippen LogP contribution >= 0.6 is 0 Å². The summed E-state index contributed by atoms with van der Waals surface area (Å²) < 4.78 is 23.5. The number of rotatable bonds is 6. The molecule has 7 nitrogen and oxygen atoms in total. The van der Waals surface area contributed by atoms with Gasteiger partial charge >= 0.3 is 34.7 Å². The van der Waals surface area contributed by atoms with Gasteiger partial charge in [-0.25, -0.2) is 0 Å². The predicted molar refractivity (Wildman–Crippen MR) is 103 cm³/mol. The molecule has 0 aromatic carbocycles. The second-order valence-electron chi connectivity index (χ2n) is 5.53. The first-order chi connectivity index (χ1) is 12.0. The molecule has 0 aliphatic rings. The van der Waals surface area contributed by atoms with Gasteiger partial charge in [0.2, 0.25) is 5.88 Å². The molecule has 3 aromatic heterocycles. The van der Waals surface area contributed by atoms with Crippen LogP contribution in [0.25, 0.3) is 11.2 Å². The summed E-state index contributed by atoms with van der Waals surface area (Å²) >= 11 is -1.37. The second-order valence-corrected chi connectivity index (χ2v) is 6.89. The number of hydrogen-bond acceptors (Lipinski definition) is 6. The van der Waals surface area contributed by atoms with Crippen molar-refractivity contribution in [2.45, 2.75) is 31.7 Å². The second kappa shape index (κ2) is 9.05. The van der Waals surface area contributed by atoms with E-state index in [4.69, 9.17) is 9.47 Å². The van der Waals surface area contributed by atoms with Gasteiger partial charge in [-0.15, -0.1) is 0 Å². The Labute approximate surface area is 177 Å². The van der Waals surface area contributed by atoms with Crippen LogP contribution in [0.5, 0.6) is 11.6 Å². The molecule has 0 saturated heterocycles. The molecule has 1 N–H and O–H groups in total. The number of fused-ring (bicyclic) bond motifs is 1. The van der Waals surface area contributed by atoms with Gasteiger partial charge in [-0.1, -0.05) is 0 Å². The van der Waals surface area contributed by atoms with E-state index < -0.39 is 11.2 Å². The molecule has 0 aliphatic heterocycles. The molecule has 3 heterocycles. The van der Waals surface area contributed by atoms with Crippen LogP contribution in [0.2, 0.25) is 0 Å². The Hall–Kier alpha value is -1.32. The van der Waals surface area contributed by atoms with E-state index in [2.05, 4.69) is 19.9 Å². The van der Waals surface area contributed by atoms with Crippen molar-refractivity contribution >= 4 is 51.9 Å². The van der Waals surface area contributed by atoms with Gasteiger partial charge in [0.05, 0.1) is 19.4 Å². The van der Waals surface area contributed by atoms with Gasteiger partial charge in [-0.3, -0.25) is 9.97 Å². The van der Waals surface area contributed by atoms with Crippen molar-refractivity contribution in [3.63, 3.8) is 0 Å². The summed E-state index contributed by atoms with van der Waals surface area (Å²) in [6, 6.07) is 3.66. The Morgan fingerprint density at radius 2 is 2.04 bits per heavy atom. The van der Waals surface area contributed by atoms with E-state index >= 15 is 0 Å². The number of ether oxygens (including phenoxy) is 2. The average molecular weight is 384 g/mol. The molecule has 0 radical (unpaired) electrons. The van der Waals surface area contributed by atoms with Gasteiger partial charge in [0, 0.05) is 28.5 Å². The van der Waals surface area contributed by atoms with E-state index in [1.165, 1.54) is 0 Å². The van der Waals surface area contributed by atoms with Crippen molar-refractivity contribution in [3.05, 3.63) is 35.2 Å². The number of methoxy groups -OCH3 is 1. The molecule has 0 amide bonds. The van der Waals surface area contributed by atoms with E-state index in [9.17, 15) is 4.55 Å². The first kappa shape index (κ1) is 21.0. The zero-order valence-corrected chi connectivity index (χ0v) is 15.4. The number of pyridine rings is 2. The van der Waals surface area contributed by atoms with Crippen molar-refractivity contribution in [1.29, 1.82) is 0 Å². The van der Waals surface area contributed by atoms with Crippen molar-refractivity contribution in [2.75, 3.05) is 13.7 Å². The van der Waals surface area contributed by atoms with Crippen LogP contribution in [0, 0.1) is 13.8 Å². The van der Waals surface area contributed by atoms with Crippen LogP contribution in [0.4, 0.5) is 0 Å². The molecule has 0 saturated carbocycles. The fraction of sp³-hybridized carbons (Fsp3) is 0.353. The third-order valence-corrected chi connectivity index (χ3v) is 5.00. The molecule has 0 spiro atoms. The molecule has 3 rings (SSSR count). The van der Waals surface area contributed by atoms with Crippen molar-refractivity contribution in [2.24, 2.45) is 0 Å². The maximum atomic E-state index is 12.7. The molecule has 0 fully saturated rings. The van der Waals surface area contributed by atoms with Crippen molar-refractivity contribution in [3.8, 4) is 11.6 Å². The zero-order chi connectivity index (χ0) is 18.0.